The van der Waals surface area contributed by atoms with E-state index < -0.39 is 23.3 Å². The molecule has 3 aliphatic rings. The van der Waals surface area contributed by atoms with Gasteiger partial charge < -0.3 is 29.0 Å². The Kier molecular flexibility index (Phi) is 7.08. The molecule has 0 unspecified atom stereocenters. The largest absolute Gasteiger partial charge is 0.444 e. The SMILES string of the molecule is CC(C)(C)OC(=O)N[C@@H](C1SCCCS1)[C@H]1OC(C)(C)O[C@@H]1[C@H]1COC(C)(C)O1. The minimum atomic E-state index is -0.775. The van der Waals surface area contributed by atoms with E-state index in [2.05, 4.69) is 5.32 Å². The Bertz CT molecular complexity index is 588. The van der Waals surface area contributed by atoms with E-state index in [1.165, 1.54) is 0 Å². The smallest absolute Gasteiger partial charge is 0.408 e. The molecule has 0 aromatic rings. The molecule has 3 aliphatic heterocycles. The first-order valence-corrected chi connectivity index (χ1v) is 12.4. The molecule has 9 heteroatoms. The highest BCUT2D eigenvalue weighted by Gasteiger charge is 2.54. The normalized spacial score (nSPS) is 33.4. The van der Waals surface area contributed by atoms with Crippen molar-refractivity contribution < 1.29 is 28.5 Å². The van der Waals surface area contributed by atoms with Crippen LogP contribution >= 0.6 is 23.5 Å². The number of hydrogen-bond donors (Lipinski definition) is 1. The molecule has 1 amide bonds. The maximum absolute atomic E-state index is 12.7. The Morgan fingerprint density at radius 2 is 1.72 bits per heavy atom. The number of hydrogen-bond acceptors (Lipinski definition) is 8. The fourth-order valence-corrected chi connectivity index (χ4v) is 6.81. The van der Waals surface area contributed by atoms with Gasteiger partial charge in [-0.1, -0.05) is 0 Å². The highest BCUT2D eigenvalue weighted by molar-refractivity contribution is 8.17. The van der Waals surface area contributed by atoms with Crippen LogP contribution in [0.15, 0.2) is 0 Å². The number of carbonyl (C=O) groups excluding carboxylic acids is 1. The van der Waals surface area contributed by atoms with Crippen molar-refractivity contribution in [2.24, 2.45) is 0 Å². The molecular formula is C20H35NO6S2. The predicted molar refractivity (Wildman–Crippen MR) is 115 cm³/mol. The molecule has 0 aromatic carbocycles. The van der Waals surface area contributed by atoms with Crippen molar-refractivity contribution >= 4 is 29.6 Å². The first-order chi connectivity index (χ1) is 13.4. The Balaban J connectivity index is 1.82. The van der Waals surface area contributed by atoms with Gasteiger partial charge in [-0.3, -0.25) is 0 Å². The first kappa shape index (κ1) is 23.5. The van der Waals surface area contributed by atoms with E-state index in [0.717, 1.165) is 17.9 Å². The summed E-state index contributed by atoms with van der Waals surface area (Å²) in [5.74, 6) is 0.681. The number of rotatable bonds is 4. The second kappa shape index (κ2) is 8.74. The predicted octanol–water partition coefficient (Wildman–Crippen LogP) is 3.75. The molecule has 0 aliphatic carbocycles. The van der Waals surface area contributed by atoms with Gasteiger partial charge in [0.25, 0.3) is 0 Å². The standard InChI is InChI=1S/C20H35NO6S2/c1-18(2,3)27-17(22)21-13(16-28-9-8-10-29-16)15-14(25-20(6,7)26-15)12-11-23-19(4,5)24-12/h12-16H,8-11H2,1-7H3,(H,21,22)/t12-,13-,14-,15-/m1/s1. The summed E-state index contributed by atoms with van der Waals surface area (Å²) in [4.78, 5) is 12.7. The summed E-state index contributed by atoms with van der Waals surface area (Å²) in [6, 6.07) is -0.278. The van der Waals surface area contributed by atoms with Gasteiger partial charge in [0.15, 0.2) is 11.6 Å². The van der Waals surface area contributed by atoms with Gasteiger partial charge in [-0.15, -0.1) is 23.5 Å². The molecule has 0 aromatic heterocycles. The lowest BCUT2D eigenvalue weighted by molar-refractivity contribution is -0.174. The van der Waals surface area contributed by atoms with Crippen LogP contribution in [0, 0.1) is 0 Å². The number of ether oxygens (including phenoxy) is 5. The van der Waals surface area contributed by atoms with Crippen LogP contribution in [0.3, 0.4) is 0 Å². The van der Waals surface area contributed by atoms with Crippen LogP contribution < -0.4 is 5.32 Å². The number of carbonyl (C=O) groups is 1. The molecule has 4 atom stereocenters. The Hall–Kier alpha value is -0.190. The molecule has 7 nitrogen and oxygen atoms in total. The zero-order valence-corrected chi connectivity index (χ0v) is 20.1. The fourth-order valence-electron chi connectivity index (χ4n) is 3.72. The average molecular weight is 450 g/mol. The number of alkyl carbamates (subject to hydrolysis) is 1. The third-order valence-electron chi connectivity index (χ3n) is 4.74. The van der Waals surface area contributed by atoms with Crippen LogP contribution in [0.4, 0.5) is 4.79 Å². The quantitative estimate of drug-likeness (QED) is 0.696. The van der Waals surface area contributed by atoms with Crippen LogP contribution in [-0.4, -0.2) is 70.3 Å². The van der Waals surface area contributed by atoms with Gasteiger partial charge in [-0.05, 0) is 66.4 Å². The third kappa shape index (κ3) is 6.40. The van der Waals surface area contributed by atoms with Crippen molar-refractivity contribution in [1.82, 2.24) is 5.32 Å². The summed E-state index contributed by atoms with van der Waals surface area (Å²) in [6.45, 7) is 13.6. The summed E-state index contributed by atoms with van der Waals surface area (Å²) < 4.78 is 30.2. The van der Waals surface area contributed by atoms with E-state index >= 15 is 0 Å². The van der Waals surface area contributed by atoms with E-state index in [-0.39, 0.29) is 28.9 Å². The minimum absolute atomic E-state index is 0.150. The lowest BCUT2D eigenvalue weighted by Gasteiger charge is -2.36. The van der Waals surface area contributed by atoms with E-state index in [1.807, 2.05) is 72.0 Å². The van der Waals surface area contributed by atoms with Gasteiger partial charge in [0.2, 0.25) is 0 Å². The Labute approximate surface area is 182 Å². The van der Waals surface area contributed by atoms with Crippen molar-refractivity contribution in [3.63, 3.8) is 0 Å². The van der Waals surface area contributed by atoms with E-state index in [9.17, 15) is 4.79 Å². The maximum Gasteiger partial charge on any atom is 0.408 e. The summed E-state index contributed by atoms with van der Waals surface area (Å²) in [7, 11) is 0. The van der Waals surface area contributed by atoms with Crippen molar-refractivity contribution in [2.45, 2.75) is 101 Å². The summed E-state index contributed by atoms with van der Waals surface area (Å²) in [5.41, 5.74) is -0.570. The summed E-state index contributed by atoms with van der Waals surface area (Å²) in [6.07, 6.45) is -0.267. The third-order valence-corrected chi connectivity index (χ3v) is 7.85. The van der Waals surface area contributed by atoms with Crippen molar-refractivity contribution in [3.8, 4) is 0 Å². The van der Waals surface area contributed by atoms with Crippen LogP contribution in [0.5, 0.6) is 0 Å². The van der Waals surface area contributed by atoms with Gasteiger partial charge in [0, 0.05) is 0 Å². The molecule has 29 heavy (non-hydrogen) atoms. The number of amides is 1. The lowest BCUT2D eigenvalue weighted by atomic mass is 10.0. The molecule has 3 rings (SSSR count). The van der Waals surface area contributed by atoms with Crippen LogP contribution in [-0.2, 0) is 23.7 Å². The highest BCUT2D eigenvalue weighted by atomic mass is 32.2. The minimum Gasteiger partial charge on any atom is -0.444 e. The molecule has 0 radical (unpaired) electrons. The Morgan fingerprint density at radius 1 is 1.07 bits per heavy atom. The van der Waals surface area contributed by atoms with Gasteiger partial charge in [0.1, 0.15) is 23.9 Å². The monoisotopic (exact) mass is 449 g/mol. The molecule has 3 heterocycles. The van der Waals surface area contributed by atoms with E-state index in [0.29, 0.717) is 6.61 Å². The molecule has 0 bridgehead atoms. The van der Waals surface area contributed by atoms with Crippen LogP contribution in [0.25, 0.3) is 0 Å². The first-order valence-electron chi connectivity index (χ1n) is 10.3. The van der Waals surface area contributed by atoms with Crippen molar-refractivity contribution in [2.75, 3.05) is 18.1 Å². The summed E-state index contributed by atoms with van der Waals surface area (Å²) >= 11 is 3.70. The van der Waals surface area contributed by atoms with Crippen molar-refractivity contribution in [1.29, 1.82) is 0 Å². The van der Waals surface area contributed by atoms with Gasteiger partial charge >= 0.3 is 6.09 Å². The second-order valence-corrected chi connectivity index (χ2v) is 12.4. The molecular weight excluding hydrogens is 414 g/mol. The lowest BCUT2D eigenvalue weighted by Crippen LogP contribution is -2.56. The zero-order valence-electron chi connectivity index (χ0n) is 18.5. The maximum atomic E-state index is 12.7. The molecule has 0 saturated carbocycles. The summed E-state index contributed by atoms with van der Waals surface area (Å²) in [5, 5.41) is 3.09. The van der Waals surface area contributed by atoms with E-state index in [1.54, 1.807) is 0 Å². The van der Waals surface area contributed by atoms with Gasteiger partial charge in [-0.25, -0.2) is 4.79 Å². The Morgan fingerprint density at radius 3 is 2.28 bits per heavy atom. The zero-order chi connectivity index (χ0) is 21.4. The van der Waals surface area contributed by atoms with Gasteiger partial charge in [-0.2, -0.15) is 0 Å². The van der Waals surface area contributed by atoms with Gasteiger partial charge in [0.05, 0.1) is 17.2 Å². The van der Waals surface area contributed by atoms with Crippen LogP contribution in [0.2, 0.25) is 0 Å². The van der Waals surface area contributed by atoms with Crippen LogP contribution in [0.1, 0.15) is 54.9 Å². The van der Waals surface area contributed by atoms with Crippen molar-refractivity contribution in [3.05, 3.63) is 0 Å². The number of thioether (sulfide) groups is 2. The fraction of sp³-hybridized carbons (Fsp3) is 0.950. The molecule has 3 fully saturated rings. The molecule has 168 valence electrons. The van der Waals surface area contributed by atoms with E-state index in [4.69, 9.17) is 23.7 Å². The highest BCUT2D eigenvalue weighted by Crippen LogP contribution is 2.42. The molecule has 0 spiro atoms. The average Bonchev–Trinajstić information content (AvgIpc) is 3.10. The topological polar surface area (TPSA) is 75.3 Å². The number of nitrogens with one attached hydrogen (secondary N) is 1. The second-order valence-electron chi connectivity index (χ2n) is 9.57. The molecule has 3 saturated heterocycles. The molecule has 1 N–H and O–H groups in total.